The fourth-order valence-electron chi connectivity index (χ4n) is 5.09. The Morgan fingerprint density at radius 1 is 1.16 bits per heavy atom. The molecule has 5 atom stereocenters. The number of carbonyl (C=O) groups excluding carboxylic acids is 1. The molecule has 5 heteroatoms. The number of halogens is 1. The summed E-state index contributed by atoms with van der Waals surface area (Å²) in [5, 5.41) is 9.79. The highest BCUT2D eigenvalue weighted by Gasteiger charge is 2.54. The minimum absolute atomic E-state index is 0. The minimum atomic E-state index is -0.350. The molecule has 0 amide bonds. The zero-order valence-electron chi connectivity index (χ0n) is 15.5. The summed E-state index contributed by atoms with van der Waals surface area (Å²) in [7, 11) is 2.38. The first-order chi connectivity index (χ1) is 11.0. The van der Waals surface area contributed by atoms with Crippen molar-refractivity contribution in [1.82, 2.24) is 0 Å². The highest BCUT2D eigenvalue weighted by atomic mass is 79.9. The summed E-state index contributed by atoms with van der Waals surface area (Å²) in [6, 6.07) is 11.6. The Morgan fingerprint density at radius 2 is 1.68 bits per heavy atom. The van der Waals surface area contributed by atoms with E-state index in [1.54, 1.807) is 0 Å². The number of nitrogens with zero attached hydrogens (tertiary/aromatic N) is 1. The van der Waals surface area contributed by atoms with E-state index >= 15 is 0 Å². The number of aliphatic hydroxyl groups is 1. The molecule has 2 fully saturated rings. The van der Waals surface area contributed by atoms with Crippen LogP contribution in [0.3, 0.4) is 0 Å². The summed E-state index contributed by atoms with van der Waals surface area (Å²) in [6.45, 7) is 4.55. The lowest BCUT2D eigenvalue weighted by Gasteiger charge is -2.50. The van der Waals surface area contributed by atoms with Gasteiger partial charge in [-0.3, -0.25) is 4.79 Å². The summed E-state index contributed by atoms with van der Waals surface area (Å²) in [5.41, 5.74) is 0.957. The van der Waals surface area contributed by atoms with E-state index in [0.717, 1.165) is 22.9 Å². The summed E-state index contributed by atoms with van der Waals surface area (Å²) >= 11 is 0. The van der Waals surface area contributed by atoms with Crippen LogP contribution in [-0.4, -0.2) is 52.6 Å². The Hall–Kier alpha value is -0.750. The largest absolute Gasteiger partial charge is 1.00 e. The lowest BCUT2D eigenvalue weighted by atomic mass is 9.79. The molecule has 2 aliphatic heterocycles. The lowest BCUT2D eigenvalue weighted by Crippen LogP contribution is -3.00. The number of piperidine rings is 1. The maximum atomic E-state index is 13.1. The van der Waals surface area contributed by atoms with Crippen LogP contribution < -0.4 is 17.0 Å². The third kappa shape index (κ3) is 3.85. The highest BCUT2D eigenvalue weighted by Crippen LogP contribution is 2.46. The summed E-state index contributed by atoms with van der Waals surface area (Å²) in [6.07, 6.45) is 4.48. The van der Waals surface area contributed by atoms with E-state index in [9.17, 15) is 9.90 Å². The van der Waals surface area contributed by atoms with Crippen molar-refractivity contribution >= 4 is 5.78 Å². The van der Waals surface area contributed by atoms with Crippen molar-refractivity contribution in [3.63, 3.8) is 0 Å². The molecule has 0 radical (unpaired) electrons. The van der Waals surface area contributed by atoms with Crippen molar-refractivity contribution in [1.29, 1.82) is 0 Å². The SMILES string of the molecule is CC(C)[N+]1(C)[C@@H]2CC[C@H]1CC(C(=O)C(CO)c1ccccc1)C2.O.[Br-]. The van der Waals surface area contributed by atoms with Gasteiger partial charge in [0.05, 0.1) is 37.7 Å². The molecule has 2 bridgehead atoms. The molecule has 1 aromatic rings. The Balaban J connectivity index is 0.00000156. The standard InChI is InChI=1S/C20H30NO2.BrH.H2O/c1-14(2)21(3)17-9-10-18(21)12-16(11-17)20(23)19(13-22)15-7-5-4-6-8-15;;/h4-8,14,16-19,22H,9-13H2,1-3H3;1H;1H2/q+1;;/p-1/t16?,17-,18+,19?,21?;;. The molecule has 142 valence electrons. The minimum Gasteiger partial charge on any atom is -1.00 e. The fourth-order valence-corrected chi connectivity index (χ4v) is 5.09. The van der Waals surface area contributed by atoms with Crippen molar-refractivity contribution in [3.8, 4) is 0 Å². The van der Waals surface area contributed by atoms with E-state index in [0.29, 0.717) is 18.1 Å². The number of ketones is 1. The monoisotopic (exact) mass is 413 g/mol. The van der Waals surface area contributed by atoms with Gasteiger partial charge in [-0.1, -0.05) is 30.3 Å². The summed E-state index contributed by atoms with van der Waals surface area (Å²) < 4.78 is 1.14. The van der Waals surface area contributed by atoms with Gasteiger partial charge in [0, 0.05) is 31.6 Å². The van der Waals surface area contributed by atoms with Crippen molar-refractivity contribution in [2.24, 2.45) is 5.92 Å². The average Bonchev–Trinajstić information content (AvgIpc) is 2.75. The van der Waals surface area contributed by atoms with Crippen LogP contribution in [0.15, 0.2) is 30.3 Å². The van der Waals surface area contributed by atoms with Gasteiger partial charge in [-0.2, -0.15) is 0 Å². The van der Waals surface area contributed by atoms with Crippen LogP contribution in [0.2, 0.25) is 0 Å². The van der Waals surface area contributed by atoms with Crippen LogP contribution in [0.4, 0.5) is 0 Å². The van der Waals surface area contributed by atoms with Crippen LogP contribution in [-0.2, 0) is 4.79 Å². The molecule has 0 aliphatic carbocycles. The number of quaternary nitrogens is 1. The zero-order chi connectivity index (χ0) is 16.6. The first-order valence-electron chi connectivity index (χ1n) is 9.03. The number of benzene rings is 1. The second kappa shape index (κ2) is 8.76. The predicted octanol–water partition coefficient (Wildman–Crippen LogP) is -0.693. The molecular formula is C20H32BrNO3. The van der Waals surface area contributed by atoms with Gasteiger partial charge in [-0.25, -0.2) is 0 Å². The van der Waals surface area contributed by atoms with Gasteiger partial charge in [0.15, 0.2) is 0 Å². The molecular weight excluding hydrogens is 382 g/mol. The Labute approximate surface area is 161 Å². The van der Waals surface area contributed by atoms with Gasteiger partial charge >= 0.3 is 0 Å². The number of Topliss-reactive ketones (excluding diaryl/α,β-unsaturated/α-hetero) is 1. The van der Waals surface area contributed by atoms with Gasteiger partial charge in [0.2, 0.25) is 0 Å². The normalized spacial score (nSPS) is 31.8. The first-order valence-corrected chi connectivity index (χ1v) is 9.03. The van der Waals surface area contributed by atoms with E-state index in [4.69, 9.17) is 0 Å². The Bertz CT molecular complexity index is 549. The molecule has 2 aliphatic rings. The van der Waals surface area contributed by atoms with Crippen LogP contribution in [0, 0.1) is 5.92 Å². The molecule has 4 nitrogen and oxygen atoms in total. The third-order valence-corrected chi connectivity index (χ3v) is 6.76. The molecule has 3 rings (SSSR count). The zero-order valence-corrected chi connectivity index (χ0v) is 17.1. The second-order valence-corrected chi connectivity index (χ2v) is 7.92. The number of carbonyl (C=O) groups is 1. The maximum absolute atomic E-state index is 13.1. The van der Waals surface area contributed by atoms with Crippen LogP contribution in [0.25, 0.3) is 0 Å². The van der Waals surface area contributed by atoms with E-state index in [1.165, 1.54) is 12.8 Å². The molecule has 3 unspecified atom stereocenters. The highest BCUT2D eigenvalue weighted by molar-refractivity contribution is 5.88. The summed E-state index contributed by atoms with van der Waals surface area (Å²) in [4.78, 5) is 13.1. The van der Waals surface area contributed by atoms with E-state index in [1.807, 2.05) is 30.3 Å². The first kappa shape index (κ1) is 22.3. The number of hydrogen-bond donors (Lipinski definition) is 1. The summed E-state index contributed by atoms with van der Waals surface area (Å²) in [5.74, 6) is 0.0249. The van der Waals surface area contributed by atoms with Gasteiger partial charge in [0.25, 0.3) is 0 Å². The number of fused-ring (bicyclic) bond motifs is 2. The van der Waals surface area contributed by atoms with E-state index in [2.05, 4.69) is 20.9 Å². The Kier molecular flexibility index (Phi) is 7.81. The van der Waals surface area contributed by atoms with Gasteiger partial charge in [-0.05, 0) is 19.4 Å². The molecule has 0 aromatic heterocycles. The molecule has 2 heterocycles. The van der Waals surface area contributed by atoms with Gasteiger partial charge in [0.1, 0.15) is 5.78 Å². The van der Waals surface area contributed by atoms with Crippen LogP contribution in [0.5, 0.6) is 0 Å². The van der Waals surface area contributed by atoms with E-state index < -0.39 is 0 Å². The molecule has 25 heavy (non-hydrogen) atoms. The molecule has 0 spiro atoms. The predicted molar refractivity (Wildman–Crippen MR) is 95.7 cm³/mol. The number of hydrogen-bond acceptors (Lipinski definition) is 2. The quantitative estimate of drug-likeness (QED) is 0.648. The maximum Gasteiger partial charge on any atom is 0.146 e. The molecule has 1 aromatic carbocycles. The van der Waals surface area contributed by atoms with Crippen molar-refractivity contribution < 1.29 is 36.8 Å². The lowest BCUT2D eigenvalue weighted by molar-refractivity contribution is -0.968. The number of aliphatic hydroxyl groups excluding tert-OH is 1. The number of rotatable bonds is 5. The van der Waals surface area contributed by atoms with Crippen molar-refractivity contribution in [2.75, 3.05) is 13.7 Å². The van der Waals surface area contributed by atoms with Gasteiger partial charge in [-0.15, -0.1) is 0 Å². The molecule has 0 saturated carbocycles. The van der Waals surface area contributed by atoms with E-state index in [-0.39, 0.29) is 46.7 Å². The van der Waals surface area contributed by atoms with Crippen LogP contribution in [0.1, 0.15) is 51.0 Å². The van der Waals surface area contributed by atoms with Gasteiger partial charge < -0.3 is 32.0 Å². The molecule has 2 saturated heterocycles. The third-order valence-electron chi connectivity index (χ3n) is 6.76. The van der Waals surface area contributed by atoms with Crippen molar-refractivity contribution in [2.45, 2.75) is 63.6 Å². The van der Waals surface area contributed by atoms with Crippen molar-refractivity contribution in [3.05, 3.63) is 35.9 Å². The fraction of sp³-hybridized carbons (Fsp3) is 0.650. The average molecular weight is 414 g/mol. The van der Waals surface area contributed by atoms with Crippen LogP contribution >= 0.6 is 0 Å². The second-order valence-electron chi connectivity index (χ2n) is 7.92. The Morgan fingerprint density at radius 3 is 2.12 bits per heavy atom. The smallest absolute Gasteiger partial charge is 0.146 e. The molecule has 3 N–H and O–H groups in total. The topological polar surface area (TPSA) is 68.8 Å².